The van der Waals surface area contributed by atoms with Crippen LogP contribution >= 0.6 is 70.5 Å². The number of ether oxygens (including phenoxy) is 4. The lowest BCUT2D eigenvalue weighted by Crippen LogP contribution is -2.34. The maximum atomic E-state index is 13.9. The van der Waals surface area contributed by atoms with Gasteiger partial charge in [-0.15, -0.1) is 22.7 Å². The number of aromatic nitrogens is 4. The number of rotatable bonds is 15. The number of aliphatic hydroxyl groups is 1. The van der Waals surface area contributed by atoms with Crippen LogP contribution in [0.4, 0.5) is 26.3 Å². The first-order valence-electron chi connectivity index (χ1n) is 24.8. The second-order valence-electron chi connectivity index (χ2n) is 19.1. The van der Waals surface area contributed by atoms with Crippen molar-refractivity contribution in [3.63, 3.8) is 0 Å². The lowest BCUT2D eigenvalue weighted by atomic mass is 9.83. The number of hydrogen-bond acceptors (Lipinski definition) is 14. The van der Waals surface area contributed by atoms with Crippen molar-refractivity contribution in [1.29, 1.82) is 0 Å². The molecule has 12 rings (SSSR count). The summed E-state index contributed by atoms with van der Waals surface area (Å²) in [7, 11) is 0. The third-order valence-electron chi connectivity index (χ3n) is 13.7. The van der Waals surface area contributed by atoms with Crippen LogP contribution in [0.25, 0.3) is 42.9 Å². The molecule has 4 aliphatic carbocycles. The molecule has 0 unspecified atom stereocenters. The minimum absolute atomic E-state index is 0.0186. The summed E-state index contributed by atoms with van der Waals surface area (Å²) in [5, 5.41) is 20.3. The standard InChI is InChI=1S/C27H24BrF3N2O4S.C20H21F2NO4.C7H2Br2FNS/c28-18-11-22-20(12-19(18)29)32-25(38-22)27(34)9-7-15(8-10-27)35-13-17-23(33-37-24(17)14-5-6-14)16-3-1-2-4-21(16)36-26(30)31;21-20(22)26-17-4-2-1-3-15(17)18-16(19(27-23-18)12-5-6-12)11-25-14-9-7-13(24)8-10-14;8-3-1-6-5(2-4(3)10)11-7(9)12-6/h1-4,11-12,14-15,26,34H,5-10,13H2;1-4,12,14,20H,5-11H2;1-2H. The quantitative estimate of drug-likeness (QED) is 0.0973. The smallest absolute Gasteiger partial charge is 0.387 e. The molecule has 4 aliphatic rings. The second-order valence-corrected chi connectivity index (χ2v) is 24.1. The van der Waals surface area contributed by atoms with Crippen molar-refractivity contribution in [2.24, 2.45) is 0 Å². The normalized spacial score (nSPS) is 18.9. The van der Waals surface area contributed by atoms with Crippen LogP contribution in [-0.4, -0.2) is 56.6 Å². The zero-order chi connectivity index (χ0) is 54.0. The molecule has 4 saturated carbocycles. The summed E-state index contributed by atoms with van der Waals surface area (Å²) in [4.78, 5) is 20.0. The molecule has 0 bridgehead atoms. The second kappa shape index (κ2) is 24.3. The Morgan fingerprint density at radius 2 is 1.09 bits per heavy atom. The highest BCUT2D eigenvalue weighted by Gasteiger charge is 2.40. The van der Waals surface area contributed by atoms with Crippen molar-refractivity contribution < 1.29 is 64.2 Å². The van der Waals surface area contributed by atoms with Crippen LogP contribution in [0.2, 0.25) is 0 Å². The highest BCUT2D eigenvalue weighted by atomic mass is 79.9. The Morgan fingerprint density at radius 3 is 1.57 bits per heavy atom. The molecule has 0 amide bonds. The van der Waals surface area contributed by atoms with Gasteiger partial charge in [0, 0.05) is 59.1 Å². The van der Waals surface area contributed by atoms with E-state index in [4.69, 9.17) is 23.3 Å². The topological polar surface area (TPSA) is 152 Å². The van der Waals surface area contributed by atoms with Crippen LogP contribution in [0.3, 0.4) is 0 Å². The SMILES string of the molecule is Fc1cc2nc(Br)sc2cc1Br.O=C1CCC(OCc2c(-c3ccccc3OC(F)F)noc2C2CC2)CC1.OC1(c2nc3cc(F)c(Br)cc3s2)CCC(OCc2c(-c3ccccc3OC(F)F)noc2C2CC2)CC1. The first kappa shape index (κ1) is 55.6. The van der Waals surface area contributed by atoms with Gasteiger partial charge in [0.05, 0.1) is 54.8 Å². The van der Waals surface area contributed by atoms with Crippen molar-refractivity contribution >= 4 is 96.7 Å². The molecule has 0 atom stereocenters. The molecule has 0 aliphatic heterocycles. The number of benzene rings is 4. The van der Waals surface area contributed by atoms with Gasteiger partial charge in [-0.1, -0.05) is 34.6 Å². The average molecular weight is 1300 g/mol. The fourth-order valence-electron chi connectivity index (χ4n) is 9.35. The fourth-order valence-corrected chi connectivity index (χ4v) is 12.9. The van der Waals surface area contributed by atoms with E-state index in [1.54, 1.807) is 48.5 Å². The molecule has 0 spiro atoms. The number of Topliss-reactive ketones (excluding diaryl/α,β-unsaturated/α-hetero) is 1. The summed E-state index contributed by atoms with van der Waals surface area (Å²) in [6.45, 7) is -5.37. The van der Waals surface area contributed by atoms with E-state index < -0.39 is 18.8 Å². The molecule has 8 aromatic rings. The van der Waals surface area contributed by atoms with Crippen LogP contribution in [0.5, 0.6) is 11.5 Å². The largest absolute Gasteiger partial charge is 0.434 e. The van der Waals surface area contributed by atoms with Crippen molar-refractivity contribution in [3.05, 3.63) is 125 Å². The zero-order valence-corrected chi connectivity index (χ0v) is 47.0. The maximum Gasteiger partial charge on any atom is 0.387 e. The number of para-hydroxylation sites is 2. The van der Waals surface area contributed by atoms with E-state index in [0.29, 0.717) is 105 Å². The average Bonchev–Trinajstić information content (AvgIpc) is 4.29. The molecule has 406 valence electrons. The van der Waals surface area contributed by atoms with Gasteiger partial charge in [-0.25, -0.2) is 18.7 Å². The summed E-state index contributed by atoms with van der Waals surface area (Å²) < 4.78 is 115. The van der Waals surface area contributed by atoms with Crippen LogP contribution in [0.15, 0.2) is 94.7 Å². The van der Waals surface area contributed by atoms with Crippen molar-refractivity contribution in [1.82, 2.24) is 20.3 Å². The molecular formula is C54H47Br3F6N4O8S2. The van der Waals surface area contributed by atoms with Gasteiger partial charge in [0.2, 0.25) is 0 Å². The predicted octanol–water partition coefficient (Wildman–Crippen LogP) is 16.5. The third kappa shape index (κ3) is 13.5. The molecule has 4 aromatic carbocycles. The van der Waals surface area contributed by atoms with Crippen LogP contribution in [0.1, 0.15) is 117 Å². The Bertz CT molecular complexity index is 3290. The van der Waals surface area contributed by atoms with Crippen LogP contribution in [-0.2, 0) is 33.1 Å². The zero-order valence-electron chi connectivity index (χ0n) is 40.6. The van der Waals surface area contributed by atoms with Gasteiger partial charge in [0.1, 0.15) is 62.4 Å². The van der Waals surface area contributed by atoms with E-state index in [1.807, 2.05) is 0 Å². The fraction of sp³-hybridized carbons (Fsp3) is 0.389. The molecule has 0 radical (unpaired) electrons. The maximum absolute atomic E-state index is 13.9. The van der Waals surface area contributed by atoms with E-state index >= 15 is 0 Å². The number of fused-ring (bicyclic) bond motifs is 2. The lowest BCUT2D eigenvalue weighted by Gasteiger charge is -2.34. The first-order chi connectivity index (χ1) is 37.1. The minimum atomic E-state index is -2.96. The summed E-state index contributed by atoms with van der Waals surface area (Å²) >= 11 is 12.4. The molecule has 12 nitrogen and oxygen atoms in total. The van der Waals surface area contributed by atoms with Gasteiger partial charge in [-0.2, -0.15) is 17.6 Å². The van der Waals surface area contributed by atoms with Gasteiger partial charge in [-0.05, 0) is 148 Å². The summed E-state index contributed by atoms with van der Waals surface area (Å²) in [6, 6.07) is 19.3. The van der Waals surface area contributed by atoms with Crippen LogP contribution < -0.4 is 9.47 Å². The Hall–Kier alpha value is -4.75. The minimum Gasteiger partial charge on any atom is -0.434 e. The van der Waals surface area contributed by atoms with Gasteiger partial charge in [0.25, 0.3) is 0 Å². The van der Waals surface area contributed by atoms with E-state index in [-0.39, 0.29) is 60.3 Å². The number of carbonyl (C=O) groups is 1. The highest BCUT2D eigenvalue weighted by Crippen LogP contribution is 2.48. The predicted molar refractivity (Wildman–Crippen MR) is 286 cm³/mol. The summed E-state index contributed by atoms with van der Waals surface area (Å²) in [5.74, 6) is 1.76. The van der Waals surface area contributed by atoms with Crippen molar-refractivity contribution in [3.8, 4) is 34.0 Å². The number of carbonyl (C=O) groups excluding carboxylic acids is 1. The molecule has 4 fully saturated rings. The third-order valence-corrected chi connectivity index (χ3v) is 17.6. The van der Waals surface area contributed by atoms with Gasteiger partial charge in [0.15, 0.2) is 3.92 Å². The molecule has 4 heterocycles. The Morgan fingerprint density at radius 1 is 0.636 bits per heavy atom. The molecule has 23 heteroatoms. The molecule has 0 saturated heterocycles. The number of nitrogens with zero attached hydrogens (tertiary/aromatic N) is 4. The van der Waals surface area contributed by atoms with E-state index in [9.17, 15) is 36.2 Å². The number of ketones is 1. The summed E-state index contributed by atoms with van der Waals surface area (Å²) in [6.07, 6.45) is 8.55. The highest BCUT2D eigenvalue weighted by molar-refractivity contribution is 9.11. The molecule has 1 N–H and O–H groups in total. The molecule has 77 heavy (non-hydrogen) atoms. The van der Waals surface area contributed by atoms with Crippen LogP contribution in [0, 0.1) is 11.6 Å². The van der Waals surface area contributed by atoms with Gasteiger partial charge < -0.3 is 33.1 Å². The van der Waals surface area contributed by atoms with Gasteiger partial charge in [-0.3, -0.25) is 4.79 Å². The monoisotopic (exact) mass is 1290 g/mol. The lowest BCUT2D eigenvalue weighted by molar-refractivity contribution is -0.123. The number of thiazole rings is 2. The van der Waals surface area contributed by atoms with Crippen molar-refractivity contribution in [2.75, 3.05) is 0 Å². The Balaban J connectivity index is 0.000000149. The Labute approximate surface area is 470 Å². The number of hydrogen-bond donors (Lipinski definition) is 1. The molecular weight excluding hydrogens is 1250 g/mol. The van der Waals surface area contributed by atoms with E-state index in [2.05, 4.69) is 72.8 Å². The van der Waals surface area contributed by atoms with E-state index in [1.165, 1.54) is 46.9 Å². The molecule has 4 aromatic heterocycles. The number of halogens is 9. The number of alkyl halides is 4. The van der Waals surface area contributed by atoms with Crippen molar-refractivity contribution in [2.45, 2.75) is 133 Å². The Kier molecular flexibility index (Phi) is 17.5. The summed E-state index contributed by atoms with van der Waals surface area (Å²) in [5.41, 5.74) is 3.48. The van der Waals surface area contributed by atoms with Gasteiger partial charge >= 0.3 is 13.2 Å². The first-order valence-corrected chi connectivity index (χ1v) is 28.8. The van der Waals surface area contributed by atoms with E-state index in [0.717, 1.165) is 61.6 Å².